The van der Waals surface area contributed by atoms with Crippen LogP contribution in [-0.2, 0) is 9.59 Å². The molecule has 2 amide bonds. The molecular weight excluding hydrogens is 342 g/mol. The summed E-state index contributed by atoms with van der Waals surface area (Å²) >= 11 is 2.93. The molecule has 1 aliphatic rings. The Morgan fingerprint density at radius 3 is 2.75 bits per heavy atom. The van der Waals surface area contributed by atoms with Gasteiger partial charge in [0, 0.05) is 14.1 Å². The lowest BCUT2D eigenvalue weighted by Gasteiger charge is -2.40. The fourth-order valence-electron chi connectivity index (χ4n) is 3.30. The van der Waals surface area contributed by atoms with Gasteiger partial charge < -0.3 is 10.6 Å². The van der Waals surface area contributed by atoms with Crippen LogP contribution in [0.1, 0.15) is 25.7 Å². The largest absolute Gasteiger partial charge is 0.368 e. The van der Waals surface area contributed by atoms with E-state index in [2.05, 4.69) is 4.98 Å². The van der Waals surface area contributed by atoms with Crippen LogP contribution in [0.15, 0.2) is 28.6 Å². The van der Waals surface area contributed by atoms with Crippen LogP contribution in [0.25, 0.3) is 10.2 Å². The predicted octanol–water partition coefficient (Wildman–Crippen LogP) is 2.89. The van der Waals surface area contributed by atoms with Crippen molar-refractivity contribution in [2.75, 3.05) is 14.1 Å². The third-order valence-electron chi connectivity index (χ3n) is 4.55. The molecule has 1 saturated carbocycles. The minimum Gasteiger partial charge on any atom is -0.368 e. The Morgan fingerprint density at radius 2 is 2.08 bits per heavy atom. The lowest BCUT2D eigenvalue weighted by Crippen LogP contribution is -2.54. The molecule has 1 heterocycles. The molecule has 1 aromatic carbocycles. The van der Waals surface area contributed by atoms with E-state index < -0.39 is 16.6 Å². The van der Waals surface area contributed by atoms with Gasteiger partial charge in [-0.1, -0.05) is 36.7 Å². The summed E-state index contributed by atoms with van der Waals surface area (Å²) in [6.45, 7) is 0. The van der Waals surface area contributed by atoms with E-state index in [0.29, 0.717) is 12.8 Å². The van der Waals surface area contributed by atoms with Gasteiger partial charge in [-0.15, -0.1) is 11.3 Å². The van der Waals surface area contributed by atoms with E-state index in [9.17, 15) is 9.59 Å². The monoisotopic (exact) mass is 363 g/mol. The molecule has 2 N–H and O–H groups in total. The van der Waals surface area contributed by atoms with Crippen molar-refractivity contribution in [1.82, 2.24) is 9.88 Å². The van der Waals surface area contributed by atoms with Crippen molar-refractivity contribution >= 4 is 45.1 Å². The molecule has 0 aliphatic heterocycles. The van der Waals surface area contributed by atoms with Gasteiger partial charge in [0.25, 0.3) is 0 Å². The second-order valence-electron chi connectivity index (χ2n) is 6.33. The van der Waals surface area contributed by atoms with E-state index in [1.165, 1.54) is 11.8 Å². The van der Waals surface area contributed by atoms with Gasteiger partial charge in [0.15, 0.2) is 4.34 Å². The van der Waals surface area contributed by atoms with Crippen LogP contribution >= 0.6 is 23.1 Å². The summed E-state index contributed by atoms with van der Waals surface area (Å²) in [5.41, 5.74) is 6.73. The molecule has 0 radical (unpaired) electrons. The molecule has 3 rings (SSSR count). The van der Waals surface area contributed by atoms with Crippen molar-refractivity contribution in [2.45, 2.75) is 34.8 Å². The number of thiazole rings is 1. The van der Waals surface area contributed by atoms with Crippen LogP contribution in [0.4, 0.5) is 0 Å². The number of fused-ring (bicyclic) bond motifs is 1. The van der Waals surface area contributed by atoms with Crippen LogP contribution in [0.2, 0.25) is 0 Å². The van der Waals surface area contributed by atoms with Crippen molar-refractivity contribution in [1.29, 1.82) is 0 Å². The summed E-state index contributed by atoms with van der Waals surface area (Å²) < 4.78 is 0.965. The van der Waals surface area contributed by atoms with E-state index >= 15 is 0 Å². The van der Waals surface area contributed by atoms with Gasteiger partial charge in [0.2, 0.25) is 11.8 Å². The van der Waals surface area contributed by atoms with Gasteiger partial charge in [-0.3, -0.25) is 9.59 Å². The highest BCUT2D eigenvalue weighted by Crippen LogP contribution is 2.49. The Morgan fingerprint density at radius 1 is 1.33 bits per heavy atom. The van der Waals surface area contributed by atoms with E-state index in [0.717, 1.165) is 27.4 Å². The van der Waals surface area contributed by atoms with E-state index in [1.54, 1.807) is 30.3 Å². The first-order valence-electron chi connectivity index (χ1n) is 8.00. The van der Waals surface area contributed by atoms with Crippen molar-refractivity contribution in [3.05, 3.63) is 24.3 Å². The number of thioether (sulfide) groups is 1. The maximum atomic E-state index is 12.7. The number of benzene rings is 1. The quantitative estimate of drug-likeness (QED) is 0.906. The zero-order chi connectivity index (χ0) is 17.3. The van der Waals surface area contributed by atoms with Crippen LogP contribution in [0, 0.1) is 5.92 Å². The number of nitrogens with zero attached hydrogens (tertiary/aromatic N) is 2. The molecule has 7 heteroatoms. The van der Waals surface area contributed by atoms with Gasteiger partial charge in [-0.25, -0.2) is 4.98 Å². The van der Waals surface area contributed by atoms with Crippen molar-refractivity contribution in [3.63, 3.8) is 0 Å². The molecule has 0 saturated heterocycles. The van der Waals surface area contributed by atoms with Gasteiger partial charge in [0.05, 0.1) is 16.1 Å². The van der Waals surface area contributed by atoms with Crippen LogP contribution in [-0.4, -0.2) is 40.5 Å². The number of hydrogen-bond acceptors (Lipinski definition) is 5. The normalized spacial score (nSPS) is 24.0. The molecule has 128 valence electrons. The lowest BCUT2D eigenvalue weighted by atomic mass is 9.77. The Bertz CT molecular complexity index is 741. The Kier molecular flexibility index (Phi) is 4.83. The highest BCUT2D eigenvalue weighted by Gasteiger charge is 2.51. The number of amides is 2. The maximum Gasteiger partial charge on any atom is 0.234 e. The Hall–Kier alpha value is -1.60. The second kappa shape index (κ2) is 6.72. The minimum absolute atomic E-state index is 0.0258. The second-order valence-corrected chi connectivity index (χ2v) is 8.94. The topological polar surface area (TPSA) is 76.3 Å². The predicted molar refractivity (Wildman–Crippen MR) is 98.1 cm³/mol. The SMILES string of the molecule is CN(C)C(=O)C1CCCCC1(Sc1nc2ccccc2s1)C(N)=O. The maximum absolute atomic E-state index is 12.7. The molecule has 1 fully saturated rings. The molecule has 2 unspecified atom stereocenters. The van der Waals surface area contributed by atoms with Crippen LogP contribution in [0.3, 0.4) is 0 Å². The summed E-state index contributed by atoms with van der Waals surface area (Å²) in [7, 11) is 3.45. The molecule has 5 nitrogen and oxygen atoms in total. The Labute approximate surface area is 149 Å². The zero-order valence-electron chi connectivity index (χ0n) is 13.8. The number of carbonyl (C=O) groups excluding carboxylic acids is 2. The third-order valence-corrected chi connectivity index (χ3v) is 7.20. The molecule has 24 heavy (non-hydrogen) atoms. The number of rotatable bonds is 4. The average Bonchev–Trinajstić information content (AvgIpc) is 2.96. The fraction of sp³-hybridized carbons (Fsp3) is 0.471. The van der Waals surface area contributed by atoms with Gasteiger partial charge in [0.1, 0.15) is 4.75 Å². The standard InChI is InChI=1S/C17H21N3O2S2/c1-20(2)14(21)11-7-5-6-10-17(11,15(18)22)24-16-19-12-8-3-4-9-13(12)23-16/h3-4,8-9,11H,5-7,10H2,1-2H3,(H2,18,22). The van der Waals surface area contributed by atoms with E-state index in [4.69, 9.17) is 5.73 Å². The molecule has 1 aliphatic carbocycles. The van der Waals surface area contributed by atoms with Gasteiger partial charge in [-0.05, 0) is 25.0 Å². The number of para-hydroxylation sites is 1. The van der Waals surface area contributed by atoms with Gasteiger partial charge in [-0.2, -0.15) is 0 Å². The number of carbonyl (C=O) groups is 2. The van der Waals surface area contributed by atoms with Gasteiger partial charge >= 0.3 is 0 Å². The average molecular weight is 364 g/mol. The van der Waals surface area contributed by atoms with Crippen LogP contribution in [0.5, 0.6) is 0 Å². The number of nitrogens with two attached hydrogens (primary N) is 1. The molecule has 2 aromatic rings. The summed E-state index contributed by atoms with van der Waals surface area (Å²) in [6, 6.07) is 7.88. The molecule has 0 bridgehead atoms. The van der Waals surface area contributed by atoms with Crippen molar-refractivity contribution < 1.29 is 9.59 Å². The minimum atomic E-state index is -0.909. The molecular formula is C17H21N3O2S2. The first-order valence-corrected chi connectivity index (χ1v) is 9.63. The highest BCUT2D eigenvalue weighted by molar-refractivity contribution is 8.03. The molecule has 0 spiro atoms. The van der Waals surface area contributed by atoms with Crippen LogP contribution < -0.4 is 5.73 Å². The summed E-state index contributed by atoms with van der Waals surface area (Å²) in [6.07, 6.45) is 3.16. The van der Waals surface area contributed by atoms with Crippen molar-refractivity contribution in [3.8, 4) is 0 Å². The Balaban J connectivity index is 1.99. The summed E-state index contributed by atoms with van der Waals surface area (Å²) in [4.78, 5) is 31.3. The first kappa shape index (κ1) is 17.2. The number of aromatic nitrogens is 1. The first-order chi connectivity index (χ1) is 11.4. The molecule has 1 aromatic heterocycles. The molecule has 2 atom stereocenters. The number of hydrogen-bond donors (Lipinski definition) is 1. The summed E-state index contributed by atoms with van der Waals surface area (Å²) in [5, 5.41) is 0. The highest BCUT2D eigenvalue weighted by atomic mass is 32.2. The number of primary amides is 1. The zero-order valence-corrected chi connectivity index (χ0v) is 15.5. The van der Waals surface area contributed by atoms with E-state index in [-0.39, 0.29) is 5.91 Å². The van der Waals surface area contributed by atoms with Crippen molar-refractivity contribution in [2.24, 2.45) is 11.7 Å². The fourth-order valence-corrected chi connectivity index (χ4v) is 6.04. The lowest BCUT2D eigenvalue weighted by molar-refractivity contribution is -0.139. The third kappa shape index (κ3) is 3.02. The summed E-state index contributed by atoms with van der Waals surface area (Å²) in [5.74, 6) is -0.829. The smallest absolute Gasteiger partial charge is 0.234 e. The van der Waals surface area contributed by atoms with E-state index in [1.807, 2.05) is 24.3 Å².